The van der Waals surface area contributed by atoms with E-state index in [1.807, 2.05) is 20.8 Å². The highest BCUT2D eigenvalue weighted by atomic mass is 32.1. The third-order valence-corrected chi connectivity index (χ3v) is 5.48. The van der Waals surface area contributed by atoms with Crippen LogP contribution in [0.15, 0.2) is 4.79 Å². The molecule has 0 atom stereocenters. The van der Waals surface area contributed by atoms with Crippen LogP contribution < -0.4 is 16.4 Å². The van der Waals surface area contributed by atoms with Crippen molar-refractivity contribution in [3.05, 3.63) is 20.8 Å². The van der Waals surface area contributed by atoms with Gasteiger partial charge in [0.05, 0.1) is 17.6 Å². The molecule has 25 heavy (non-hydrogen) atoms. The van der Waals surface area contributed by atoms with Crippen LogP contribution in [0.2, 0.25) is 0 Å². The van der Waals surface area contributed by atoms with Crippen molar-refractivity contribution in [2.24, 2.45) is 7.05 Å². The number of hydrogen-bond acceptors (Lipinski definition) is 6. The van der Waals surface area contributed by atoms with Crippen molar-refractivity contribution < 1.29 is 9.53 Å². The van der Waals surface area contributed by atoms with Crippen LogP contribution in [0.3, 0.4) is 0 Å². The molecular weight excluding hydrogens is 340 g/mol. The molecule has 3 heterocycles. The van der Waals surface area contributed by atoms with Gasteiger partial charge in [0.25, 0.3) is 5.56 Å². The van der Waals surface area contributed by atoms with Crippen molar-refractivity contribution in [1.82, 2.24) is 15.0 Å². The molecule has 7 nitrogen and oxygen atoms in total. The Morgan fingerprint density at radius 3 is 2.92 bits per heavy atom. The first-order valence-corrected chi connectivity index (χ1v) is 9.34. The van der Waals surface area contributed by atoms with E-state index in [1.54, 1.807) is 7.05 Å². The van der Waals surface area contributed by atoms with E-state index >= 15 is 0 Å². The average molecular weight is 364 g/mol. The molecule has 0 fully saturated rings. The summed E-state index contributed by atoms with van der Waals surface area (Å²) in [5, 5.41) is 0.668. The number of hydrazine groups is 1. The largest absolute Gasteiger partial charge is 0.370 e. The summed E-state index contributed by atoms with van der Waals surface area (Å²) in [6, 6.07) is 0. The molecule has 3 rings (SSSR count). The lowest BCUT2D eigenvalue weighted by Gasteiger charge is -2.29. The maximum Gasteiger partial charge on any atom is 0.263 e. The Kier molecular flexibility index (Phi) is 4.83. The predicted octanol–water partition coefficient (Wildman–Crippen LogP) is 2.48. The number of rotatable bonds is 5. The van der Waals surface area contributed by atoms with Crippen molar-refractivity contribution >= 4 is 33.4 Å². The molecule has 136 valence electrons. The molecular formula is C17H24N4O3S. The third kappa shape index (κ3) is 3.55. The van der Waals surface area contributed by atoms with Crippen molar-refractivity contribution in [2.45, 2.75) is 58.7 Å². The summed E-state index contributed by atoms with van der Waals surface area (Å²) in [4.78, 5) is 30.9. The number of unbranched alkanes of at least 4 members (excludes halogenated alkanes) is 1. The fourth-order valence-corrected chi connectivity index (χ4v) is 4.00. The van der Waals surface area contributed by atoms with E-state index in [0.29, 0.717) is 35.6 Å². The number of carbonyl (C=O) groups is 1. The van der Waals surface area contributed by atoms with Gasteiger partial charge in [-0.15, -0.1) is 11.3 Å². The lowest BCUT2D eigenvalue weighted by Crippen LogP contribution is -2.34. The first-order valence-electron chi connectivity index (χ1n) is 8.52. The van der Waals surface area contributed by atoms with Crippen molar-refractivity contribution in [2.75, 3.05) is 5.43 Å². The molecule has 0 aliphatic carbocycles. The van der Waals surface area contributed by atoms with E-state index in [2.05, 4.69) is 15.8 Å². The third-order valence-electron chi connectivity index (χ3n) is 4.38. The Labute approximate surface area is 150 Å². The minimum Gasteiger partial charge on any atom is -0.370 e. The topological polar surface area (TPSA) is 85.3 Å². The van der Waals surface area contributed by atoms with Crippen LogP contribution in [-0.4, -0.2) is 21.1 Å². The summed E-state index contributed by atoms with van der Waals surface area (Å²) >= 11 is 1.48. The maximum absolute atomic E-state index is 12.8. The molecule has 8 heteroatoms. The summed E-state index contributed by atoms with van der Waals surface area (Å²) in [6.45, 7) is 6.59. The monoisotopic (exact) mass is 364 g/mol. The number of nitrogens with zero attached hydrogens (tertiary/aromatic N) is 2. The molecule has 0 saturated heterocycles. The number of anilines is 1. The van der Waals surface area contributed by atoms with E-state index in [9.17, 15) is 9.59 Å². The van der Waals surface area contributed by atoms with E-state index in [0.717, 1.165) is 23.3 Å². The Hall–Kier alpha value is -1.93. The number of aromatic nitrogens is 2. The summed E-state index contributed by atoms with van der Waals surface area (Å²) in [7, 11) is 1.66. The molecule has 2 aromatic heterocycles. The first-order chi connectivity index (χ1) is 11.8. The Morgan fingerprint density at radius 1 is 1.44 bits per heavy atom. The van der Waals surface area contributed by atoms with Gasteiger partial charge in [0.15, 0.2) is 0 Å². The zero-order valence-corrected chi connectivity index (χ0v) is 15.9. The van der Waals surface area contributed by atoms with Gasteiger partial charge in [-0.25, -0.2) is 4.98 Å². The van der Waals surface area contributed by atoms with Crippen LogP contribution in [-0.2, 0) is 29.6 Å². The highest BCUT2D eigenvalue weighted by Gasteiger charge is 2.31. The second kappa shape index (κ2) is 6.76. The summed E-state index contributed by atoms with van der Waals surface area (Å²) in [6.07, 6.45) is 2.92. The molecule has 1 amide bonds. The molecule has 1 aliphatic rings. The number of ether oxygens (including phenoxy) is 1. The highest BCUT2D eigenvalue weighted by Crippen LogP contribution is 2.37. The van der Waals surface area contributed by atoms with Crippen molar-refractivity contribution in [3.63, 3.8) is 0 Å². The predicted molar refractivity (Wildman–Crippen MR) is 98.7 cm³/mol. The second-order valence-corrected chi connectivity index (χ2v) is 8.07. The van der Waals surface area contributed by atoms with E-state index in [-0.39, 0.29) is 17.1 Å². The lowest BCUT2D eigenvalue weighted by molar-refractivity contribution is -0.120. The van der Waals surface area contributed by atoms with Gasteiger partial charge in [0.1, 0.15) is 4.83 Å². The number of carbonyl (C=O) groups excluding carboxylic acids is 1. The first kappa shape index (κ1) is 17.9. The van der Waals surface area contributed by atoms with Crippen molar-refractivity contribution in [1.29, 1.82) is 0 Å². The molecule has 1 aliphatic heterocycles. The van der Waals surface area contributed by atoms with Gasteiger partial charge < -0.3 is 4.74 Å². The molecule has 0 unspecified atom stereocenters. The van der Waals surface area contributed by atoms with Crippen molar-refractivity contribution in [3.8, 4) is 0 Å². The van der Waals surface area contributed by atoms with Crippen LogP contribution in [0.5, 0.6) is 0 Å². The van der Waals surface area contributed by atoms with Gasteiger partial charge in [-0.3, -0.25) is 25.0 Å². The van der Waals surface area contributed by atoms with E-state index < -0.39 is 0 Å². The molecule has 2 aromatic rings. The molecule has 0 aromatic carbocycles. The van der Waals surface area contributed by atoms with E-state index in [4.69, 9.17) is 4.74 Å². The van der Waals surface area contributed by atoms with E-state index in [1.165, 1.54) is 15.9 Å². The molecule has 0 bridgehead atoms. The highest BCUT2D eigenvalue weighted by molar-refractivity contribution is 7.18. The number of hydrogen-bond donors (Lipinski definition) is 2. The van der Waals surface area contributed by atoms with Crippen LogP contribution in [0.1, 0.15) is 50.5 Å². The Balaban J connectivity index is 1.92. The Bertz CT molecular complexity index is 869. The normalized spacial score (nSPS) is 15.8. The average Bonchev–Trinajstić information content (AvgIpc) is 2.91. The minimum absolute atomic E-state index is 0.106. The molecule has 2 N–H and O–H groups in total. The number of thiophene rings is 1. The summed E-state index contributed by atoms with van der Waals surface area (Å²) in [5.74, 6) is 0.220. The summed E-state index contributed by atoms with van der Waals surface area (Å²) in [5.41, 5.74) is 6.05. The van der Waals surface area contributed by atoms with Gasteiger partial charge in [-0.2, -0.15) is 0 Å². The summed E-state index contributed by atoms with van der Waals surface area (Å²) < 4.78 is 7.28. The number of fused-ring (bicyclic) bond motifs is 3. The van der Waals surface area contributed by atoms with Gasteiger partial charge in [-0.1, -0.05) is 13.3 Å². The number of amides is 1. The van der Waals surface area contributed by atoms with Gasteiger partial charge in [-0.05, 0) is 25.8 Å². The lowest BCUT2D eigenvalue weighted by atomic mass is 9.94. The van der Waals surface area contributed by atoms with Crippen LogP contribution in [0.25, 0.3) is 10.2 Å². The smallest absolute Gasteiger partial charge is 0.263 e. The zero-order valence-electron chi connectivity index (χ0n) is 15.1. The molecule has 0 radical (unpaired) electrons. The zero-order chi connectivity index (χ0) is 18.2. The minimum atomic E-state index is -0.282. The molecule has 0 saturated carbocycles. The second-order valence-electron chi connectivity index (χ2n) is 6.99. The SMILES string of the molecule is CCCCC(=O)NNc1nc2sc3c(c2c(=O)n1C)CC(C)(C)OC3. The van der Waals surface area contributed by atoms with Gasteiger partial charge in [0, 0.05) is 24.8 Å². The Morgan fingerprint density at radius 2 is 2.20 bits per heavy atom. The standard InChI is InChI=1S/C17H24N4O3S/c1-5-6-7-12(22)19-20-16-18-14-13(15(23)21(16)4)10-8-17(2,3)24-9-11(10)25-14/h5-9H2,1-4H3,(H,18,20)(H,19,22). The van der Waals surface area contributed by atoms with Gasteiger partial charge in [0.2, 0.25) is 11.9 Å². The van der Waals surface area contributed by atoms with Gasteiger partial charge >= 0.3 is 0 Å². The number of nitrogens with one attached hydrogen (secondary N) is 2. The fraction of sp³-hybridized carbons (Fsp3) is 0.588. The quantitative estimate of drug-likeness (QED) is 0.796. The van der Waals surface area contributed by atoms with Crippen LogP contribution in [0.4, 0.5) is 5.95 Å². The maximum atomic E-state index is 12.8. The fourth-order valence-electron chi connectivity index (χ4n) is 2.91. The van der Waals surface area contributed by atoms with Crippen LogP contribution in [0, 0.1) is 0 Å². The van der Waals surface area contributed by atoms with Crippen LogP contribution >= 0.6 is 11.3 Å². The molecule has 0 spiro atoms.